The second-order valence-corrected chi connectivity index (χ2v) is 7.71. The minimum absolute atomic E-state index is 0.104. The van der Waals surface area contributed by atoms with Crippen molar-refractivity contribution >= 4 is 22.8 Å². The van der Waals surface area contributed by atoms with Crippen molar-refractivity contribution in [2.45, 2.75) is 38.8 Å². The van der Waals surface area contributed by atoms with Gasteiger partial charge in [0.25, 0.3) is 5.91 Å². The number of aromatic nitrogens is 2. The molecule has 1 aliphatic heterocycles. The van der Waals surface area contributed by atoms with E-state index in [0.29, 0.717) is 11.5 Å². The van der Waals surface area contributed by atoms with Gasteiger partial charge in [0.2, 0.25) is 5.91 Å². The standard InChI is InChI=1S/C22H24N4O2/c1-13(2)11-19(21-24-16-9-5-6-10-17(16)25-21)23-20(27)12-18-14-7-3-4-8-15(14)22(28)26-18/h3-10,13,18-19H,11-12H2,1-2H3,(H,23,27)(H,24,25)(H,26,28)/t18?,19-/m0/s1. The third kappa shape index (κ3) is 3.63. The molecular weight excluding hydrogens is 352 g/mol. The van der Waals surface area contributed by atoms with Crippen molar-refractivity contribution in [3.63, 3.8) is 0 Å². The minimum atomic E-state index is -0.293. The average Bonchev–Trinajstić information content (AvgIpc) is 3.23. The summed E-state index contributed by atoms with van der Waals surface area (Å²) < 4.78 is 0. The first kappa shape index (κ1) is 18.2. The number of para-hydroxylation sites is 2. The number of hydrogen-bond donors (Lipinski definition) is 3. The van der Waals surface area contributed by atoms with Crippen molar-refractivity contribution < 1.29 is 9.59 Å². The van der Waals surface area contributed by atoms with Gasteiger partial charge in [0.05, 0.1) is 29.5 Å². The van der Waals surface area contributed by atoms with Crippen LogP contribution in [-0.2, 0) is 4.79 Å². The zero-order valence-corrected chi connectivity index (χ0v) is 16.0. The number of aromatic amines is 1. The van der Waals surface area contributed by atoms with Crippen molar-refractivity contribution in [2.24, 2.45) is 5.92 Å². The summed E-state index contributed by atoms with van der Waals surface area (Å²) in [6.45, 7) is 4.24. The lowest BCUT2D eigenvalue weighted by Crippen LogP contribution is -2.33. The van der Waals surface area contributed by atoms with E-state index < -0.39 is 0 Å². The molecule has 0 spiro atoms. The van der Waals surface area contributed by atoms with Crippen LogP contribution in [0.1, 0.15) is 60.5 Å². The first-order valence-corrected chi connectivity index (χ1v) is 9.65. The van der Waals surface area contributed by atoms with Crippen LogP contribution < -0.4 is 10.6 Å². The zero-order chi connectivity index (χ0) is 19.7. The van der Waals surface area contributed by atoms with Crippen molar-refractivity contribution in [3.8, 4) is 0 Å². The molecule has 4 rings (SSSR count). The highest BCUT2D eigenvalue weighted by molar-refractivity contribution is 5.99. The van der Waals surface area contributed by atoms with Gasteiger partial charge in [0, 0.05) is 5.56 Å². The molecule has 144 valence electrons. The summed E-state index contributed by atoms with van der Waals surface area (Å²) in [5, 5.41) is 6.02. The zero-order valence-electron chi connectivity index (χ0n) is 16.0. The molecule has 1 aromatic heterocycles. The molecule has 2 heterocycles. The Morgan fingerprint density at radius 1 is 1.14 bits per heavy atom. The third-order valence-electron chi connectivity index (χ3n) is 5.06. The van der Waals surface area contributed by atoms with E-state index in [1.54, 1.807) is 6.07 Å². The number of rotatable bonds is 6. The number of benzene rings is 2. The summed E-state index contributed by atoms with van der Waals surface area (Å²) in [6.07, 6.45) is 0.983. The highest BCUT2D eigenvalue weighted by Crippen LogP contribution is 2.28. The van der Waals surface area contributed by atoms with Gasteiger partial charge in [-0.2, -0.15) is 0 Å². The summed E-state index contributed by atoms with van der Waals surface area (Å²) in [6, 6.07) is 14.8. The van der Waals surface area contributed by atoms with Crippen molar-refractivity contribution in [2.75, 3.05) is 0 Å². The summed E-state index contributed by atoms with van der Waals surface area (Å²) in [4.78, 5) is 32.9. The van der Waals surface area contributed by atoms with Crippen LogP contribution in [0.3, 0.4) is 0 Å². The molecule has 0 aliphatic carbocycles. The number of hydrogen-bond acceptors (Lipinski definition) is 3. The SMILES string of the molecule is CC(C)C[C@H](NC(=O)CC1NC(=O)c2ccccc21)c1nc2ccccc2[nH]1. The van der Waals surface area contributed by atoms with Gasteiger partial charge in [-0.3, -0.25) is 9.59 Å². The smallest absolute Gasteiger partial charge is 0.252 e. The quantitative estimate of drug-likeness (QED) is 0.614. The Bertz CT molecular complexity index is 991. The highest BCUT2D eigenvalue weighted by Gasteiger charge is 2.30. The predicted octanol–water partition coefficient (Wildman–Crippen LogP) is 3.64. The topological polar surface area (TPSA) is 86.9 Å². The van der Waals surface area contributed by atoms with Crippen LogP contribution in [0.2, 0.25) is 0 Å². The molecule has 0 saturated carbocycles. The minimum Gasteiger partial charge on any atom is -0.346 e. The maximum absolute atomic E-state index is 12.8. The molecule has 3 N–H and O–H groups in total. The van der Waals surface area contributed by atoms with Gasteiger partial charge in [0.15, 0.2) is 0 Å². The van der Waals surface area contributed by atoms with Crippen molar-refractivity contribution in [3.05, 3.63) is 65.5 Å². The molecule has 0 fully saturated rings. The highest BCUT2D eigenvalue weighted by atomic mass is 16.2. The van der Waals surface area contributed by atoms with E-state index in [2.05, 4.69) is 34.4 Å². The van der Waals surface area contributed by atoms with Gasteiger partial charge in [0.1, 0.15) is 5.82 Å². The molecule has 0 radical (unpaired) electrons. The van der Waals surface area contributed by atoms with E-state index in [1.165, 1.54) is 0 Å². The molecule has 1 aliphatic rings. The second kappa shape index (κ2) is 7.46. The lowest BCUT2D eigenvalue weighted by atomic mass is 10.0. The van der Waals surface area contributed by atoms with Crippen LogP contribution in [0.4, 0.5) is 0 Å². The number of carbonyl (C=O) groups excluding carboxylic acids is 2. The number of nitrogens with one attached hydrogen (secondary N) is 3. The predicted molar refractivity (Wildman–Crippen MR) is 108 cm³/mol. The monoisotopic (exact) mass is 376 g/mol. The summed E-state index contributed by atoms with van der Waals surface area (Å²) in [5.41, 5.74) is 3.37. The Balaban J connectivity index is 1.51. The maximum Gasteiger partial charge on any atom is 0.252 e. The fourth-order valence-electron chi connectivity index (χ4n) is 3.77. The Labute approximate surface area is 163 Å². The Kier molecular flexibility index (Phi) is 4.86. The summed E-state index contributed by atoms with van der Waals surface area (Å²) >= 11 is 0. The normalized spacial score (nSPS) is 16.8. The lowest BCUT2D eigenvalue weighted by Gasteiger charge is -2.20. The van der Waals surface area contributed by atoms with Gasteiger partial charge in [-0.15, -0.1) is 0 Å². The maximum atomic E-state index is 12.8. The van der Waals surface area contributed by atoms with Gasteiger partial charge in [-0.1, -0.05) is 44.2 Å². The van der Waals surface area contributed by atoms with Gasteiger partial charge in [-0.05, 0) is 36.1 Å². The largest absolute Gasteiger partial charge is 0.346 e. The van der Waals surface area contributed by atoms with E-state index >= 15 is 0 Å². The van der Waals surface area contributed by atoms with Crippen LogP contribution in [0.25, 0.3) is 11.0 Å². The van der Waals surface area contributed by atoms with E-state index in [9.17, 15) is 9.59 Å². The van der Waals surface area contributed by atoms with Gasteiger partial charge < -0.3 is 15.6 Å². The number of nitrogens with zero attached hydrogens (tertiary/aromatic N) is 1. The van der Waals surface area contributed by atoms with Crippen LogP contribution in [0, 0.1) is 5.92 Å². The molecule has 6 nitrogen and oxygen atoms in total. The van der Waals surface area contributed by atoms with E-state index in [1.807, 2.05) is 42.5 Å². The number of carbonyl (C=O) groups is 2. The van der Waals surface area contributed by atoms with Gasteiger partial charge >= 0.3 is 0 Å². The summed E-state index contributed by atoms with van der Waals surface area (Å²) in [7, 11) is 0. The van der Waals surface area contributed by atoms with E-state index in [-0.39, 0.29) is 30.3 Å². The molecule has 0 saturated heterocycles. The van der Waals surface area contributed by atoms with E-state index in [0.717, 1.165) is 28.8 Å². The lowest BCUT2D eigenvalue weighted by molar-refractivity contribution is -0.122. The van der Waals surface area contributed by atoms with E-state index in [4.69, 9.17) is 0 Å². The fraction of sp³-hybridized carbons (Fsp3) is 0.318. The molecular formula is C22H24N4O2. The molecule has 2 aromatic carbocycles. The number of imidazole rings is 1. The first-order valence-electron chi connectivity index (χ1n) is 9.65. The van der Waals surface area contributed by atoms with Gasteiger partial charge in [-0.25, -0.2) is 4.98 Å². The molecule has 28 heavy (non-hydrogen) atoms. The number of fused-ring (bicyclic) bond motifs is 2. The Morgan fingerprint density at radius 2 is 1.89 bits per heavy atom. The van der Waals surface area contributed by atoms with Crippen LogP contribution in [0.15, 0.2) is 48.5 Å². The molecule has 6 heteroatoms. The Hall–Kier alpha value is -3.15. The summed E-state index contributed by atoms with van der Waals surface area (Å²) in [5.74, 6) is 0.932. The average molecular weight is 376 g/mol. The van der Waals surface area contributed by atoms with Crippen LogP contribution in [-0.4, -0.2) is 21.8 Å². The fourth-order valence-corrected chi connectivity index (χ4v) is 3.77. The van der Waals surface area contributed by atoms with Crippen LogP contribution in [0.5, 0.6) is 0 Å². The molecule has 3 aromatic rings. The van der Waals surface area contributed by atoms with Crippen molar-refractivity contribution in [1.82, 2.24) is 20.6 Å². The number of H-pyrrole nitrogens is 1. The van der Waals surface area contributed by atoms with Crippen molar-refractivity contribution in [1.29, 1.82) is 0 Å². The van der Waals surface area contributed by atoms with Crippen LogP contribution >= 0.6 is 0 Å². The Morgan fingerprint density at radius 3 is 2.68 bits per heavy atom. The molecule has 2 amide bonds. The molecule has 1 unspecified atom stereocenters. The molecule has 2 atom stereocenters. The first-order chi connectivity index (χ1) is 13.5. The molecule has 0 bridgehead atoms. The number of amides is 2. The third-order valence-corrected chi connectivity index (χ3v) is 5.06. The second-order valence-electron chi connectivity index (χ2n) is 7.71.